The Kier molecular flexibility index (Phi) is 3.95. The first-order valence-corrected chi connectivity index (χ1v) is 9.11. The molecule has 136 valence electrons. The second-order valence-electron chi connectivity index (χ2n) is 7.44. The number of hydrogen-bond acceptors (Lipinski definition) is 5. The highest BCUT2D eigenvalue weighted by molar-refractivity contribution is 5.57. The molecule has 1 saturated heterocycles. The molecule has 0 bridgehead atoms. The lowest BCUT2D eigenvalue weighted by Crippen LogP contribution is -2.43. The van der Waals surface area contributed by atoms with Crippen molar-refractivity contribution >= 4 is 11.5 Å². The molecule has 1 fully saturated rings. The van der Waals surface area contributed by atoms with Gasteiger partial charge in [-0.05, 0) is 52.2 Å². The molecule has 3 aromatic heterocycles. The van der Waals surface area contributed by atoms with E-state index in [1.165, 1.54) is 0 Å². The number of aliphatic hydroxyl groups is 1. The minimum Gasteiger partial charge on any atom is -0.383 e. The van der Waals surface area contributed by atoms with E-state index in [1.807, 2.05) is 43.6 Å². The first-order chi connectivity index (χ1) is 12.4. The Morgan fingerprint density at radius 3 is 2.46 bits per heavy atom. The Morgan fingerprint density at radius 1 is 1.08 bits per heavy atom. The normalized spacial score (nSPS) is 17.0. The van der Waals surface area contributed by atoms with E-state index in [4.69, 9.17) is 0 Å². The SMILES string of the molecule is Cc1ccc(C2(O)CCN(c3cc(C)nc4c(C)c(C)nn34)CC2)nc1. The van der Waals surface area contributed by atoms with E-state index in [-0.39, 0.29) is 0 Å². The van der Waals surface area contributed by atoms with E-state index in [0.717, 1.165) is 52.8 Å². The first kappa shape index (κ1) is 17.0. The van der Waals surface area contributed by atoms with Crippen LogP contribution in [-0.4, -0.2) is 37.8 Å². The van der Waals surface area contributed by atoms with Gasteiger partial charge in [0.15, 0.2) is 5.65 Å². The minimum atomic E-state index is -0.860. The first-order valence-electron chi connectivity index (χ1n) is 9.11. The van der Waals surface area contributed by atoms with Crippen LogP contribution in [0.3, 0.4) is 0 Å². The van der Waals surface area contributed by atoms with Crippen molar-refractivity contribution in [3.8, 4) is 0 Å². The van der Waals surface area contributed by atoms with Crippen molar-refractivity contribution in [2.75, 3.05) is 18.0 Å². The van der Waals surface area contributed by atoms with Crippen molar-refractivity contribution in [3.05, 3.63) is 52.6 Å². The number of pyridine rings is 1. The fraction of sp³-hybridized carbons (Fsp3) is 0.450. The zero-order valence-electron chi connectivity index (χ0n) is 15.8. The lowest BCUT2D eigenvalue weighted by molar-refractivity contribution is 0.00742. The molecule has 6 heteroatoms. The van der Waals surface area contributed by atoms with Crippen LogP contribution in [0.25, 0.3) is 5.65 Å². The third-order valence-corrected chi connectivity index (χ3v) is 5.47. The predicted molar refractivity (Wildman–Crippen MR) is 102 cm³/mol. The monoisotopic (exact) mass is 351 g/mol. The Balaban J connectivity index is 1.63. The molecule has 3 aromatic rings. The number of hydrogen-bond donors (Lipinski definition) is 1. The molecule has 0 aliphatic carbocycles. The molecule has 4 rings (SSSR count). The van der Waals surface area contributed by atoms with Gasteiger partial charge in [0.25, 0.3) is 0 Å². The van der Waals surface area contributed by atoms with E-state index >= 15 is 0 Å². The molecule has 0 unspecified atom stereocenters. The van der Waals surface area contributed by atoms with Crippen molar-refractivity contribution in [2.45, 2.75) is 46.1 Å². The molecular weight excluding hydrogens is 326 g/mol. The lowest BCUT2D eigenvalue weighted by atomic mass is 9.87. The fourth-order valence-corrected chi connectivity index (χ4v) is 3.66. The van der Waals surface area contributed by atoms with Gasteiger partial charge in [-0.15, -0.1) is 0 Å². The van der Waals surface area contributed by atoms with Gasteiger partial charge in [-0.2, -0.15) is 9.61 Å². The van der Waals surface area contributed by atoms with E-state index in [0.29, 0.717) is 12.8 Å². The highest BCUT2D eigenvalue weighted by Gasteiger charge is 2.36. The molecule has 0 radical (unpaired) electrons. The van der Waals surface area contributed by atoms with E-state index in [2.05, 4.69) is 33.0 Å². The van der Waals surface area contributed by atoms with Crippen molar-refractivity contribution in [1.29, 1.82) is 0 Å². The van der Waals surface area contributed by atoms with Crippen molar-refractivity contribution in [1.82, 2.24) is 19.6 Å². The Hall–Kier alpha value is -2.47. The maximum absolute atomic E-state index is 11.1. The van der Waals surface area contributed by atoms with Crippen molar-refractivity contribution in [3.63, 3.8) is 0 Å². The smallest absolute Gasteiger partial charge is 0.160 e. The maximum Gasteiger partial charge on any atom is 0.160 e. The molecule has 0 amide bonds. The van der Waals surface area contributed by atoms with Gasteiger partial charge in [0.2, 0.25) is 0 Å². The molecule has 4 heterocycles. The Labute approximate surface area is 153 Å². The van der Waals surface area contributed by atoms with E-state index in [9.17, 15) is 5.11 Å². The molecule has 1 aliphatic rings. The molecule has 6 nitrogen and oxygen atoms in total. The fourth-order valence-electron chi connectivity index (χ4n) is 3.66. The number of aromatic nitrogens is 4. The molecule has 26 heavy (non-hydrogen) atoms. The van der Waals surface area contributed by atoms with Gasteiger partial charge in [0.05, 0.1) is 11.4 Å². The molecule has 0 aromatic carbocycles. The highest BCUT2D eigenvalue weighted by atomic mass is 16.3. The van der Waals surface area contributed by atoms with Gasteiger partial charge in [0, 0.05) is 36.6 Å². The summed E-state index contributed by atoms with van der Waals surface area (Å²) in [6, 6.07) is 6.03. The molecule has 0 spiro atoms. The summed E-state index contributed by atoms with van der Waals surface area (Å²) in [6.45, 7) is 9.61. The number of piperidine rings is 1. The van der Waals surface area contributed by atoms with E-state index < -0.39 is 5.60 Å². The molecule has 1 aliphatic heterocycles. The average molecular weight is 351 g/mol. The van der Waals surface area contributed by atoms with Gasteiger partial charge in [-0.1, -0.05) is 6.07 Å². The average Bonchev–Trinajstić information content (AvgIpc) is 2.90. The van der Waals surface area contributed by atoms with Crippen LogP contribution in [0.15, 0.2) is 24.4 Å². The summed E-state index contributed by atoms with van der Waals surface area (Å²) >= 11 is 0. The summed E-state index contributed by atoms with van der Waals surface area (Å²) in [5.41, 5.74) is 5.03. The number of nitrogens with zero attached hydrogens (tertiary/aromatic N) is 5. The van der Waals surface area contributed by atoms with Crippen molar-refractivity contribution in [2.24, 2.45) is 0 Å². The molecule has 1 N–H and O–H groups in total. The third kappa shape index (κ3) is 2.74. The summed E-state index contributed by atoms with van der Waals surface area (Å²) in [5.74, 6) is 1.04. The largest absolute Gasteiger partial charge is 0.383 e. The zero-order valence-corrected chi connectivity index (χ0v) is 15.8. The predicted octanol–water partition coefficient (Wildman–Crippen LogP) is 2.85. The van der Waals surface area contributed by atoms with Crippen LogP contribution < -0.4 is 4.90 Å². The van der Waals surface area contributed by atoms with Crippen LogP contribution >= 0.6 is 0 Å². The van der Waals surface area contributed by atoms with Crippen LogP contribution in [0.5, 0.6) is 0 Å². The summed E-state index contributed by atoms with van der Waals surface area (Å²) in [6.07, 6.45) is 3.11. The van der Waals surface area contributed by atoms with Gasteiger partial charge in [-0.25, -0.2) is 4.98 Å². The Bertz CT molecular complexity index is 952. The quantitative estimate of drug-likeness (QED) is 0.769. The van der Waals surface area contributed by atoms with E-state index in [1.54, 1.807) is 0 Å². The van der Waals surface area contributed by atoms with Crippen LogP contribution in [0.2, 0.25) is 0 Å². The summed E-state index contributed by atoms with van der Waals surface area (Å²) in [5, 5.41) is 15.8. The van der Waals surface area contributed by atoms with Crippen LogP contribution in [-0.2, 0) is 5.60 Å². The van der Waals surface area contributed by atoms with Gasteiger partial charge in [-0.3, -0.25) is 4.98 Å². The second-order valence-corrected chi connectivity index (χ2v) is 7.44. The summed E-state index contributed by atoms with van der Waals surface area (Å²) in [4.78, 5) is 11.4. The second kappa shape index (κ2) is 6.06. The number of anilines is 1. The summed E-state index contributed by atoms with van der Waals surface area (Å²) < 4.78 is 1.94. The highest BCUT2D eigenvalue weighted by Crippen LogP contribution is 2.34. The lowest BCUT2D eigenvalue weighted by Gasteiger charge is -2.38. The third-order valence-electron chi connectivity index (χ3n) is 5.47. The number of rotatable bonds is 2. The Morgan fingerprint density at radius 2 is 1.81 bits per heavy atom. The summed E-state index contributed by atoms with van der Waals surface area (Å²) in [7, 11) is 0. The molecule has 0 atom stereocenters. The topological polar surface area (TPSA) is 66.5 Å². The van der Waals surface area contributed by atoms with Gasteiger partial charge in [0.1, 0.15) is 11.4 Å². The zero-order chi connectivity index (χ0) is 18.5. The number of fused-ring (bicyclic) bond motifs is 1. The molecular formula is C20H25N5O. The maximum atomic E-state index is 11.1. The van der Waals surface area contributed by atoms with Gasteiger partial charge < -0.3 is 10.0 Å². The number of aryl methyl sites for hydroxylation is 4. The molecule has 0 saturated carbocycles. The van der Waals surface area contributed by atoms with Gasteiger partial charge >= 0.3 is 0 Å². The van der Waals surface area contributed by atoms with Crippen molar-refractivity contribution < 1.29 is 5.11 Å². The van der Waals surface area contributed by atoms with Crippen LogP contribution in [0.1, 0.15) is 41.1 Å². The standard InChI is InChI=1S/C20H25N5O/c1-13-5-6-17(21-12-13)20(26)7-9-24(10-8-20)18-11-14(2)22-19-15(3)16(4)23-25(18)19/h5-6,11-12,26H,7-10H2,1-4H3. The van der Waals surface area contributed by atoms with Crippen LogP contribution in [0.4, 0.5) is 5.82 Å². The minimum absolute atomic E-state index is 0.644. The van der Waals surface area contributed by atoms with Crippen LogP contribution in [0, 0.1) is 27.7 Å².